The van der Waals surface area contributed by atoms with Crippen molar-refractivity contribution in [3.05, 3.63) is 0 Å². The third-order valence-corrected chi connectivity index (χ3v) is 1.85. The summed E-state index contributed by atoms with van der Waals surface area (Å²) >= 11 is 0. The highest BCUT2D eigenvalue weighted by atomic mass is 16.7. The molecule has 0 aromatic rings. The number of carbonyl (C=O) groups excluding carboxylic acids is 1. The highest BCUT2D eigenvalue weighted by Crippen LogP contribution is 2.20. The van der Waals surface area contributed by atoms with Crippen molar-refractivity contribution in [1.82, 2.24) is 0 Å². The minimum absolute atomic E-state index is 0.00338. The van der Waals surface area contributed by atoms with Crippen molar-refractivity contribution in [2.45, 2.75) is 39.4 Å². The number of ether oxygens (including phenoxy) is 2. The van der Waals surface area contributed by atoms with Gasteiger partial charge in [-0.25, -0.2) is 4.79 Å². The molecule has 0 saturated carbocycles. The zero-order chi connectivity index (χ0) is 8.43. The van der Waals surface area contributed by atoms with Gasteiger partial charge in [0, 0.05) is 6.42 Å². The van der Waals surface area contributed by atoms with E-state index in [4.69, 9.17) is 9.47 Å². The predicted molar refractivity (Wildman–Crippen MR) is 40.3 cm³/mol. The summed E-state index contributed by atoms with van der Waals surface area (Å²) in [4.78, 5) is 10.7. The molecule has 1 saturated heterocycles. The highest BCUT2D eigenvalue weighted by molar-refractivity contribution is 5.61. The molecule has 1 fully saturated rings. The summed E-state index contributed by atoms with van der Waals surface area (Å²) in [6.07, 6.45) is 0.320. The lowest BCUT2D eigenvalue weighted by Gasteiger charge is -2.29. The van der Waals surface area contributed by atoms with Gasteiger partial charge in [-0.05, 0) is 12.8 Å². The van der Waals surface area contributed by atoms with E-state index in [1.807, 2.05) is 20.8 Å². The molecule has 0 aromatic carbocycles. The van der Waals surface area contributed by atoms with Gasteiger partial charge < -0.3 is 9.47 Å². The molecule has 0 spiro atoms. The molecule has 1 aliphatic heterocycles. The van der Waals surface area contributed by atoms with Crippen LogP contribution in [0.25, 0.3) is 0 Å². The topological polar surface area (TPSA) is 35.5 Å². The zero-order valence-corrected chi connectivity index (χ0v) is 7.16. The van der Waals surface area contributed by atoms with Crippen LogP contribution in [0, 0.1) is 5.92 Å². The first kappa shape index (κ1) is 8.37. The van der Waals surface area contributed by atoms with Crippen LogP contribution in [0.15, 0.2) is 0 Å². The molecule has 0 radical (unpaired) electrons. The standard InChI is InChI=1S/C8H14O3/c1-5(2)7-4-6(3)10-8(9)11-7/h5-7H,4H2,1-3H3/t6-,7-/m0/s1. The van der Waals surface area contributed by atoms with E-state index in [2.05, 4.69) is 0 Å². The van der Waals surface area contributed by atoms with Crippen LogP contribution < -0.4 is 0 Å². The van der Waals surface area contributed by atoms with Gasteiger partial charge in [-0.2, -0.15) is 0 Å². The largest absolute Gasteiger partial charge is 0.508 e. The Kier molecular flexibility index (Phi) is 2.37. The lowest BCUT2D eigenvalue weighted by Crippen LogP contribution is -2.35. The van der Waals surface area contributed by atoms with Gasteiger partial charge in [-0.3, -0.25) is 0 Å². The highest BCUT2D eigenvalue weighted by Gasteiger charge is 2.28. The van der Waals surface area contributed by atoms with Crippen molar-refractivity contribution in [2.75, 3.05) is 0 Å². The summed E-state index contributed by atoms with van der Waals surface area (Å²) in [6.45, 7) is 5.96. The fourth-order valence-corrected chi connectivity index (χ4v) is 1.15. The number of hydrogen-bond acceptors (Lipinski definition) is 3. The second-order valence-electron chi connectivity index (χ2n) is 3.31. The van der Waals surface area contributed by atoms with Gasteiger partial charge in [0.15, 0.2) is 0 Å². The van der Waals surface area contributed by atoms with Crippen LogP contribution in [0.2, 0.25) is 0 Å². The van der Waals surface area contributed by atoms with E-state index in [9.17, 15) is 4.79 Å². The van der Waals surface area contributed by atoms with Gasteiger partial charge in [-0.15, -0.1) is 0 Å². The normalized spacial score (nSPS) is 31.5. The first-order chi connectivity index (χ1) is 5.09. The summed E-state index contributed by atoms with van der Waals surface area (Å²) in [6, 6.07) is 0. The molecular weight excluding hydrogens is 144 g/mol. The Labute approximate surface area is 66.7 Å². The maximum Gasteiger partial charge on any atom is 0.508 e. The van der Waals surface area contributed by atoms with Crippen molar-refractivity contribution in [1.29, 1.82) is 0 Å². The lowest BCUT2D eigenvalue weighted by molar-refractivity contribution is -0.0678. The van der Waals surface area contributed by atoms with Gasteiger partial charge in [0.2, 0.25) is 0 Å². The van der Waals surface area contributed by atoms with Crippen LogP contribution in [-0.2, 0) is 9.47 Å². The average molecular weight is 158 g/mol. The molecule has 1 aliphatic rings. The Hall–Kier alpha value is -0.730. The maximum atomic E-state index is 10.7. The molecule has 0 amide bonds. The number of carbonyl (C=O) groups is 1. The smallest absolute Gasteiger partial charge is 0.431 e. The van der Waals surface area contributed by atoms with Crippen molar-refractivity contribution >= 4 is 6.16 Å². The molecule has 0 unspecified atom stereocenters. The SMILES string of the molecule is CC(C)[C@@H]1C[C@H](C)OC(=O)O1. The Morgan fingerprint density at radius 2 is 2.09 bits per heavy atom. The summed E-state index contributed by atoms with van der Waals surface area (Å²) in [5.74, 6) is 0.380. The first-order valence-electron chi connectivity index (χ1n) is 3.97. The summed E-state index contributed by atoms with van der Waals surface area (Å²) in [5, 5.41) is 0. The van der Waals surface area contributed by atoms with E-state index in [0.29, 0.717) is 5.92 Å². The molecule has 3 nitrogen and oxygen atoms in total. The minimum Gasteiger partial charge on any atom is -0.431 e. The van der Waals surface area contributed by atoms with E-state index in [1.54, 1.807) is 0 Å². The van der Waals surface area contributed by atoms with Gasteiger partial charge in [0.25, 0.3) is 0 Å². The number of hydrogen-bond donors (Lipinski definition) is 0. The van der Waals surface area contributed by atoms with Crippen molar-refractivity contribution < 1.29 is 14.3 Å². The van der Waals surface area contributed by atoms with Crippen LogP contribution >= 0.6 is 0 Å². The summed E-state index contributed by atoms with van der Waals surface area (Å²) in [7, 11) is 0. The van der Waals surface area contributed by atoms with Gasteiger partial charge in [0.05, 0.1) is 0 Å². The third-order valence-electron chi connectivity index (χ3n) is 1.85. The lowest BCUT2D eigenvalue weighted by atomic mass is 10.0. The van der Waals surface area contributed by atoms with E-state index >= 15 is 0 Å². The Balaban J connectivity index is 2.49. The Morgan fingerprint density at radius 3 is 2.55 bits per heavy atom. The second kappa shape index (κ2) is 3.11. The average Bonchev–Trinajstić information content (AvgIpc) is 1.85. The fraction of sp³-hybridized carbons (Fsp3) is 0.875. The van der Waals surface area contributed by atoms with E-state index < -0.39 is 6.16 Å². The summed E-state index contributed by atoms with van der Waals surface area (Å²) < 4.78 is 9.76. The first-order valence-corrected chi connectivity index (χ1v) is 3.97. The third kappa shape index (κ3) is 2.10. The Bertz CT molecular complexity index is 153. The van der Waals surface area contributed by atoms with E-state index in [1.165, 1.54) is 0 Å². The van der Waals surface area contributed by atoms with E-state index in [-0.39, 0.29) is 12.2 Å². The zero-order valence-electron chi connectivity index (χ0n) is 7.16. The van der Waals surface area contributed by atoms with Crippen molar-refractivity contribution in [2.24, 2.45) is 5.92 Å². The maximum absolute atomic E-state index is 10.7. The molecule has 11 heavy (non-hydrogen) atoms. The summed E-state index contributed by atoms with van der Waals surface area (Å²) in [5.41, 5.74) is 0. The molecular formula is C8H14O3. The predicted octanol–water partition coefficient (Wildman–Crippen LogP) is 1.96. The number of rotatable bonds is 1. The Morgan fingerprint density at radius 1 is 1.45 bits per heavy atom. The molecule has 1 heterocycles. The monoisotopic (exact) mass is 158 g/mol. The molecule has 0 bridgehead atoms. The minimum atomic E-state index is -0.526. The fourth-order valence-electron chi connectivity index (χ4n) is 1.15. The van der Waals surface area contributed by atoms with E-state index in [0.717, 1.165) is 6.42 Å². The van der Waals surface area contributed by atoms with Crippen LogP contribution in [0.1, 0.15) is 27.2 Å². The molecule has 0 aliphatic carbocycles. The second-order valence-corrected chi connectivity index (χ2v) is 3.31. The van der Waals surface area contributed by atoms with Gasteiger partial charge in [-0.1, -0.05) is 13.8 Å². The quantitative estimate of drug-likeness (QED) is 0.547. The molecule has 64 valence electrons. The van der Waals surface area contributed by atoms with Crippen molar-refractivity contribution in [3.63, 3.8) is 0 Å². The molecule has 0 N–H and O–H groups in total. The van der Waals surface area contributed by atoms with Crippen LogP contribution in [0.5, 0.6) is 0 Å². The van der Waals surface area contributed by atoms with Gasteiger partial charge >= 0.3 is 6.16 Å². The molecule has 1 rings (SSSR count). The van der Waals surface area contributed by atoms with Crippen LogP contribution in [0.3, 0.4) is 0 Å². The molecule has 0 aromatic heterocycles. The molecule has 2 atom stereocenters. The van der Waals surface area contributed by atoms with Gasteiger partial charge in [0.1, 0.15) is 12.2 Å². The van der Waals surface area contributed by atoms with Crippen LogP contribution in [-0.4, -0.2) is 18.4 Å². The molecule has 3 heteroatoms. The van der Waals surface area contributed by atoms with Crippen molar-refractivity contribution in [3.8, 4) is 0 Å². The number of cyclic esters (lactones) is 2. The van der Waals surface area contributed by atoms with Crippen LogP contribution in [0.4, 0.5) is 4.79 Å².